The molecule has 3 fully saturated rings. The van der Waals surface area contributed by atoms with E-state index in [2.05, 4.69) is 27.7 Å². The third-order valence-electron chi connectivity index (χ3n) is 6.95. The van der Waals surface area contributed by atoms with Gasteiger partial charge in [-0.2, -0.15) is 0 Å². The highest BCUT2D eigenvalue weighted by molar-refractivity contribution is 5.20. The van der Waals surface area contributed by atoms with Gasteiger partial charge in [-0.15, -0.1) is 0 Å². The Hall–Kier alpha value is -0.0400. The molecule has 0 aliphatic heterocycles. The molecule has 0 radical (unpaired) electrons. The Kier molecular flexibility index (Phi) is 1.98. The third kappa shape index (κ3) is 0.978. The van der Waals surface area contributed by atoms with Crippen LogP contribution in [0.2, 0.25) is 0 Å². The highest BCUT2D eigenvalue weighted by atomic mass is 16.3. The lowest BCUT2D eigenvalue weighted by Gasteiger charge is -2.42. The Bertz CT molecular complexity index is 321. The van der Waals surface area contributed by atoms with E-state index < -0.39 is 5.60 Å². The lowest BCUT2D eigenvalue weighted by Crippen LogP contribution is -2.40. The van der Waals surface area contributed by atoms with Crippen LogP contribution in [0.15, 0.2) is 0 Å². The van der Waals surface area contributed by atoms with Gasteiger partial charge in [0, 0.05) is 0 Å². The maximum atomic E-state index is 10.7. The van der Waals surface area contributed by atoms with Gasteiger partial charge in [-0.3, -0.25) is 0 Å². The van der Waals surface area contributed by atoms with E-state index in [4.69, 9.17) is 0 Å². The highest BCUT2D eigenvalue weighted by Gasteiger charge is 2.71. The van der Waals surface area contributed by atoms with Crippen molar-refractivity contribution in [3.63, 3.8) is 0 Å². The summed E-state index contributed by atoms with van der Waals surface area (Å²) in [5, 5.41) is 10.7. The molecule has 0 bridgehead atoms. The van der Waals surface area contributed by atoms with Crippen LogP contribution < -0.4 is 0 Å². The van der Waals surface area contributed by atoms with Crippen molar-refractivity contribution >= 4 is 0 Å². The van der Waals surface area contributed by atoms with Gasteiger partial charge in [0.2, 0.25) is 0 Å². The van der Waals surface area contributed by atoms with Crippen LogP contribution in [0.4, 0.5) is 0 Å². The van der Waals surface area contributed by atoms with Gasteiger partial charge in [0.25, 0.3) is 0 Å². The molecular weight excluding hydrogens is 196 g/mol. The molecule has 1 nitrogen and oxygen atoms in total. The largest absolute Gasteiger partial charge is 0.390 e. The number of rotatable bonds is 0. The minimum Gasteiger partial charge on any atom is -0.390 e. The summed E-state index contributed by atoms with van der Waals surface area (Å²) in [4.78, 5) is 0. The minimum absolute atomic E-state index is 0.419. The fourth-order valence-corrected chi connectivity index (χ4v) is 6.17. The van der Waals surface area contributed by atoms with E-state index in [1.807, 2.05) is 0 Å². The van der Waals surface area contributed by atoms with Gasteiger partial charge in [-0.1, -0.05) is 20.8 Å². The van der Waals surface area contributed by atoms with Crippen molar-refractivity contribution in [1.29, 1.82) is 0 Å². The monoisotopic (exact) mass is 222 g/mol. The zero-order chi connectivity index (χ0) is 11.8. The van der Waals surface area contributed by atoms with Crippen LogP contribution in [0.5, 0.6) is 0 Å². The lowest BCUT2D eigenvalue weighted by molar-refractivity contribution is -0.0179. The van der Waals surface area contributed by atoms with Crippen LogP contribution in [0.1, 0.15) is 59.8 Å². The van der Waals surface area contributed by atoms with Crippen molar-refractivity contribution in [2.75, 3.05) is 0 Å². The second-order valence-electron chi connectivity index (χ2n) is 7.52. The van der Waals surface area contributed by atoms with Crippen molar-refractivity contribution in [3.05, 3.63) is 0 Å². The van der Waals surface area contributed by atoms with Gasteiger partial charge in [-0.25, -0.2) is 0 Å². The van der Waals surface area contributed by atoms with E-state index in [0.29, 0.717) is 16.7 Å². The van der Waals surface area contributed by atoms with Crippen molar-refractivity contribution in [3.8, 4) is 0 Å². The van der Waals surface area contributed by atoms with Crippen LogP contribution in [0.3, 0.4) is 0 Å². The van der Waals surface area contributed by atoms with E-state index in [1.54, 1.807) is 0 Å². The smallest absolute Gasteiger partial charge is 0.0656 e. The summed E-state index contributed by atoms with van der Waals surface area (Å²) in [5.74, 6) is 2.27. The maximum absolute atomic E-state index is 10.7. The zero-order valence-corrected chi connectivity index (χ0v) is 11.2. The Labute approximate surface area is 99.6 Å². The summed E-state index contributed by atoms with van der Waals surface area (Å²) in [6.07, 6.45) is 6.55. The van der Waals surface area contributed by atoms with Gasteiger partial charge in [0.15, 0.2) is 0 Å². The molecule has 0 aromatic heterocycles. The van der Waals surface area contributed by atoms with Crippen molar-refractivity contribution in [1.82, 2.24) is 0 Å². The molecule has 2 unspecified atom stereocenters. The Morgan fingerprint density at radius 2 is 1.75 bits per heavy atom. The van der Waals surface area contributed by atoms with Crippen LogP contribution in [-0.4, -0.2) is 10.7 Å². The van der Waals surface area contributed by atoms with E-state index in [0.717, 1.165) is 18.3 Å². The number of hydrogen-bond acceptors (Lipinski definition) is 1. The SMILES string of the molecule is C[C@@H]1CCC23C1CC[C@@]2(C)C[C@@](C)(O)[C@H]3C. The molecule has 3 aliphatic carbocycles. The predicted molar refractivity (Wildman–Crippen MR) is 66.1 cm³/mol. The summed E-state index contributed by atoms with van der Waals surface area (Å²) < 4.78 is 0. The molecule has 0 saturated heterocycles. The zero-order valence-electron chi connectivity index (χ0n) is 11.2. The maximum Gasteiger partial charge on any atom is 0.0656 e. The lowest BCUT2D eigenvalue weighted by atomic mass is 9.62. The van der Waals surface area contributed by atoms with Gasteiger partial charge in [-0.05, 0) is 67.6 Å². The average Bonchev–Trinajstić information content (AvgIpc) is 2.68. The summed E-state index contributed by atoms with van der Waals surface area (Å²) in [7, 11) is 0. The Balaban J connectivity index is 2.10. The van der Waals surface area contributed by atoms with Crippen molar-refractivity contribution in [2.45, 2.75) is 65.4 Å². The molecule has 1 N–H and O–H groups in total. The van der Waals surface area contributed by atoms with Crippen LogP contribution in [-0.2, 0) is 0 Å². The highest BCUT2D eigenvalue weighted by Crippen LogP contribution is 2.76. The average molecular weight is 222 g/mol. The molecule has 3 aliphatic rings. The second kappa shape index (κ2) is 2.85. The molecule has 3 rings (SSSR count). The van der Waals surface area contributed by atoms with Gasteiger partial charge in [0.05, 0.1) is 5.60 Å². The van der Waals surface area contributed by atoms with Crippen LogP contribution in [0.25, 0.3) is 0 Å². The summed E-state index contributed by atoms with van der Waals surface area (Å²) >= 11 is 0. The van der Waals surface area contributed by atoms with Crippen molar-refractivity contribution < 1.29 is 5.11 Å². The molecule has 0 aromatic carbocycles. The van der Waals surface area contributed by atoms with E-state index in [9.17, 15) is 5.11 Å². The standard InChI is InChI=1S/C15H26O/c1-10-5-8-15-11(2)14(4,16)9-13(15,3)7-6-12(10)15/h10-12,16H,5-9H2,1-4H3/t10-,11-,12?,13+,14-,15?/m1/s1. The number of hydrogen-bond donors (Lipinski definition) is 1. The number of aliphatic hydroxyl groups is 1. The molecule has 6 atom stereocenters. The molecule has 92 valence electrons. The molecule has 16 heavy (non-hydrogen) atoms. The molecule has 0 amide bonds. The normalized spacial score (nSPS) is 64.7. The molecule has 1 heteroatoms. The first-order chi connectivity index (χ1) is 7.33. The fraction of sp³-hybridized carbons (Fsp3) is 1.00. The fourth-order valence-electron chi connectivity index (χ4n) is 6.17. The van der Waals surface area contributed by atoms with Crippen LogP contribution in [0, 0.1) is 28.6 Å². The Morgan fingerprint density at radius 3 is 2.44 bits per heavy atom. The first-order valence-corrected chi connectivity index (χ1v) is 7.06. The van der Waals surface area contributed by atoms with E-state index in [1.165, 1.54) is 25.7 Å². The van der Waals surface area contributed by atoms with Gasteiger partial charge < -0.3 is 5.11 Å². The molecular formula is C15H26O. The second-order valence-corrected chi connectivity index (χ2v) is 7.52. The quantitative estimate of drug-likeness (QED) is 0.664. The Morgan fingerprint density at radius 1 is 1.06 bits per heavy atom. The topological polar surface area (TPSA) is 20.2 Å². The predicted octanol–water partition coefficient (Wildman–Crippen LogP) is 3.61. The summed E-state index contributed by atoms with van der Waals surface area (Å²) in [6.45, 7) is 9.30. The van der Waals surface area contributed by atoms with Gasteiger partial charge >= 0.3 is 0 Å². The van der Waals surface area contributed by atoms with Gasteiger partial charge in [0.1, 0.15) is 0 Å². The molecule has 1 spiro atoms. The molecule has 0 heterocycles. The van der Waals surface area contributed by atoms with Crippen molar-refractivity contribution in [2.24, 2.45) is 28.6 Å². The van der Waals surface area contributed by atoms with E-state index in [-0.39, 0.29) is 0 Å². The minimum atomic E-state index is -0.419. The molecule has 0 aromatic rings. The van der Waals surface area contributed by atoms with E-state index >= 15 is 0 Å². The first-order valence-electron chi connectivity index (χ1n) is 7.06. The first kappa shape index (κ1) is 11.1. The third-order valence-corrected chi connectivity index (χ3v) is 6.95. The summed E-state index contributed by atoms with van der Waals surface area (Å²) in [6, 6.07) is 0. The molecule has 3 saturated carbocycles. The van der Waals surface area contributed by atoms with Crippen LogP contribution >= 0.6 is 0 Å². The summed E-state index contributed by atoms with van der Waals surface area (Å²) in [5.41, 5.74) is 0.471.